The van der Waals surface area contributed by atoms with Gasteiger partial charge < -0.3 is 20.6 Å². The van der Waals surface area contributed by atoms with Gasteiger partial charge in [0.05, 0.1) is 6.61 Å². The van der Waals surface area contributed by atoms with Crippen LogP contribution in [0.5, 0.6) is 0 Å². The first-order valence-electron chi connectivity index (χ1n) is 8.31. The molecule has 1 aromatic carbocycles. The Morgan fingerprint density at radius 3 is 2.70 bits per heavy atom. The van der Waals surface area contributed by atoms with Gasteiger partial charge in [0, 0.05) is 24.5 Å². The van der Waals surface area contributed by atoms with Gasteiger partial charge in [-0.2, -0.15) is 0 Å². The number of aliphatic hydroxyl groups excluding tert-OH is 1. The summed E-state index contributed by atoms with van der Waals surface area (Å²) in [5, 5.41) is 15.5. The van der Waals surface area contributed by atoms with Gasteiger partial charge in [-0.15, -0.1) is 0 Å². The molecule has 2 rings (SSSR count). The van der Waals surface area contributed by atoms with Crippen LogP contribution in [-0.2, 0) is 13.1 Å². The molecule has 1 aromatic rings. The number of urea groups is 1. The summed E-state index contributed by atoms with van der Waals surface area (Å²) >= 11 is 0. The minimum atomic E-state index is -0.194. The van der Waals surface area contributed by atoms with E-state index in [9.17, 15) is 9.90 Å². The van der Waals surface area contributed by atoms with E-state index in [4.69, 9.17) is 0 Å². The van der Waals surface area contributed by atoms with Gasteiger partial charge in [0.25, 0.3) is 0 Å². The zero-order valence-corrected chi connectivity index (χ0v) is 14.4. The largest absolute Gasteiger partial charge is 0.396 e. The van der Waals surface area contributed by atoms with Gasteiger partial charge in [0.2, 0.25) is 0 Å². The lowest BCUT2D eigenvalue weighted by molar-refractivity contribution is 0.121. The van der Waals surface area contributed by atoms with E-state index in [2.05, 4.69) is 21.6 Å². The third kappa shape index (κ3) is 4.69. The summed E-state index contributed by atoms with van der Waals surface area (Å²) in [6.45, 7) is 3.52. The average molecular weight is 319 g/mol. The second-order valence-electron chi connectivity index (χ2n) is 7.09. The maximum absolute atomic E-state index is 12.2. The van der Waals surface area contributed by atoms with Crippen LogP contribution in [0.25, 0.3) is 0 Å². The van der Waals surface area contributed by atoms with Crippen molar-refractivity contribution in [3.63, 3.8) is 0 Å². The van der Waals surface area contributed by atoms with Crippen LogP contribution in [0.4, 0.5) is 4.79 Å². The molecular formula is C18H29N3O2. The van der Waals surface area contributed by atoms with E-state index in [1.165, 1.54) is 5.56 Å². The number of benzene rings is 1. The van der Waals surface area contributed by atoms with E-state index < -0.39 is 0 Å². The first-order chi connectivity index (χ1) is 10.9. The van der Waals surface area contributed by atoms with Crippen molar-refractivity contribution in [2.75, 3.05) is 20.7 Å². The third-order valence-electron chi connectivity index (χ3n) is 4.79. The highest BCUT2D eigenvalue weighted by molar-refractivity contribution is 5.74. The van der Waals surface area contributed by atoms with Crippen molar-refractivity contribution in [2.24, 2.45) is 5.41 Å². The minimum Gasteiger partial charge on any atom is -0.396 e. The second-order valence-corrected chi connectivity index (χ2v) is 7.09. The topological polar surface area (TPSA) is 64.6 Å². The van der Waals surface area contributed by atoms with E-state index in [0.717, 1.165) is 31.4 Å². The number of carbonyl (C=O) groups excluding carboxylic acids is 1. The number of carbonyl (C=O) groups is 1. The SMILES string of the molecule is CN(C)Cc1ccccc1CNC(=O)NC1CCCC1(C)CO. The van der Waals surface area contributed by atoms with Gasteiger partial charge in [0.1, 0.15) is 0 Å². The Hall–Kier alpha value is -1.59. The van der Waals surface area contributed by atoms with Crippen LogP contribution in [0, 0.1) is 5.41 Å². The summed E-state index contributed by atoms with van der Waals surface area (Å²) < 4.78 is 0. The summed E-state index contributed by atoms with van der Waals surface area (Å²) in [7, 11) is 4.07. The monoisotopic (exact) mass is 319 g/mol. The fraction of sp³-hybridized carbons (Fsp3) is 0.611. The second kappa shape index (κ2) is 7.79. The molecule has 23 heavy (non-hydrogen) atoms. The molecule has 5 heteroatoms. The standard InChI is InChI=1S/C18H29N3O2/c1-18(13-22)10-6-9-16(18)20-17(23)19-11-14-7-4-5-8-15(14)12-21(2)3/h4-5,7-8,16,22H,6,9-13H2,1-3H3,(H2,19,20,23). The molecule has 0 aromatic heterocycles. The molecule has 2 unspecified atom stereocenters. The lowest BCUT2D eigenvalue weighted by atomic mass is 9.86. The van der Waals surface area contributed by atoms with Crippen LogP contribution in [0.3, 0.4) is 0 Å². The summed E-state index contributed by atoms with van der Waals surface area (Å²) in [6, 6.07) is 8.05. The molecule has 0 aliphatic heterocycles. The van der Waals surface area contributed by atoms with Gasteiger partial charge in [0.15, 0.2) is 0 Å². The Morgan fingerprint density at radius 1 is 1.35 bits per heavy atom. The van der Waals surface area contributed by atoms with Crippen molar-refractivity contribution in [3.8, 4) is 0 Å². The smallest absolute Gasteiger partial charge is 0.315 e. The number of hydrogen-bond donors (Lipinski definition) is 3. The van der Waals surface area contributed by atoms with Crippen molar-refractivity contribution in [1.82, 2.24) is 15.5 Å². The quantitative estimate of drug-likeness (QED) is 0.752. The number of rotatable bonds is 6. The zero-order valence-electron chi connectivity index (χ0n) is 14.4. The first kappa shape index (κ1) is 17.8. The van der Waals surface area contributed by atoms with E-state index in [1.54, 1.807) is 0 Å². The Bertz CT molecular complexity index is 533. The predicted molar refractivity (Wildman–Crippen MR) is 92.0 cm³/mol. The lowest BCUT2D eigenvalue weighted by Gasteiger charge is -2.30. The maximum atomic E-state index is 12.2. The molecule has 0 heterocycles. The molecule has 0 saturated heterocycles. The molecule has 5 nitrogen and oxygen atoms in total. The molecule has 2 amide bonds. The number of nitrogens with one attached hydrogen (secondary N) is 2. The number of hydrogen-bond acceptors (Lipinski definition) is 3. The van der Waals surface area contributed by atoms with Crippen molar-refractivity contribution in [3.05, 3.63) is 35.4 Å². The van der Waals surface area contributed by atoms with Crippen LogP contribution < -0.4 is 10.6 Å². The predicted octanol–water partition coefficient (Wildman–Crippen LogP) is 2.10. The van der Waals surface area contributed by atoms with Gasteiger partial charge in [-0.25, -0.2) is 4.79 Å². The molecule has 1 saturated carbocycles. The Kier molecular flexibility index (Phi) is 6.02. The summed E-state index contributed by atoms with van der Waals surface area (Å²) in [4.78, 5) is 14.3. The van der Waals surface area contributed by atoms with E-state index in [1.807, 2.05) is 39.2 Å². The summed E-state index contributed by atoms with van der Waals surface area (Å²) in [5.41, 5.74) is 2.16. The van der Waals surface area contributed by atoms with Crippen LogP contribution >= 0.6 is 0 Å². The fourth-order valence-electron chi connectivity index (χ4n) is 3.28. The molecule has 1 fully saturated rings. The molecule has 0 spiro atoms. The molecule has 1 aliphatic carbocycles. The van der Waals surface area contributed by atoms with Crippen LogP contribution in [0.2, 0.25) is 0 Å². The molecule has 0 radical (unpaired) electrons. The summed E-state index contributed by atoms with van der Waals surface area (Å²) in [5.74, 6) is 0. The number of amides is 2. The van der Waals surface area contributed by atoms with E-state index >= 15 is 0 Å². The van der Waals surface area contributed by atoms with Crippen LogP contribution in [0.1, 0.15) is 37.3 Å². The van der Waals surface area contributed by atoms with Crippen molar-refractivity contribution in [1.29, 1.82) is 0 Å². The van der Waals surface area contributed by atoms with Crippen molar-refractivity contribution >= 4 is 6.03 Å². The Labute approximate surface area is 139 Å². The van der Waals surface area contributed by atoms with Crippen LogP contribution in [-0.4, -0.2) is 42.8 Å². The molecule has 1 aliphatic rings. The van der Waals surface area contributed by atoms with E-state index in [-0.39, 0.29) is 24.1 Å². The minimum absolute atomic E-state index is 0.0459. The van der Waals surface area contributed by atoms with Crippen molar-refractivity contribution < 1.29 is 9.90 Å². The highest BCUT2D eigenvalue weighted by Gasteiger charge is 2.39. The average Bonchev–Trinajstić information content (AvgIpc) is 2.87. The van der Waals surface area contributed by atoms with Gasteiger partial charge >= 0.3 is 6.03 Å². The first-order valence-corrected chi connectivity index (χ1v) is 8.31. The van der Waals surface area contributed by atoms with Crippen LogP contribution in [0.15, 0.2) is 24.3 Å². The molecule has 128 valence electrons. The van der Waals surface area contributed by atoms with Gasteiger partial charge in [-0.05, 0) is 38.1 Å². The molecular weight excluding hydrogens is 290 g/mol. The maximum Gasteiger partial charge on any atom is 0.315 e. The highest BCUT2D eigenvalue weighted by atomic mass is 16.3. The number of nitrogens with zero attached hydrogens (tertiary/aromatic N) is 1. The van der Waals surface area contributed by atoms with Gasteiger partial charge in [-0.1, -0.05) is 37.6 Å². The summed E-state index contributed by atoms with van der Waals surface area (Å²) in [6.07, 6.45) is 2.94. The van der Waals surface area contributed by atoms with Gasteiger partial charge in [-0.3, -0.25) is 0 Å². The fourth-order valence-corrected chi connectivity index (χ4v) is 3.28. The molecule has 2 atom stereocenters. The normalized spacial score (nSPS) is 24.0. The molecule has 0 bridgehead atoms. The van der Waals surface area contributed by atoms with E-state index in [0.29, 0.717) is 6.54 Å². The van der Waals surface area contributed by atoms with Crippen molar-refractivity contribution in [2.45, 2.75) is 45.3 Å². The Balaban J connectivity index is 1.90. The number of aliphatic hydroxyl groups is 1. The Morgan fingerprint density at radius 2 is 2.04 bits per heavy atom. The molecule has 3 N–H and O–H groups in total. The zero-order chi connectivity index (χ0) is 16.9. The highest BCUT2D eigenvalue weighted by Crippen LogP contribution is 2.37. The third-order valence-corrected chi connectivity index (χ3v) is 4.79. The lowest BCUT2D eigenvalue weighted by Crippen LogP contribution is -2.48.